The molecule has 0 radical (unpaired) electrons. The summed E-state index contributed by atoms with van der Waals surface area (Å²) in [5.74, 6) is 0. The average Bonchev–Trinajstić information content (AvgIpc) is 2.39. The molecule has 0 spiro atoms. The molecule has 4 nitrogen and oxygen atoms in total. The third-order valence-corrected chi connectivity index (χ3v) is 5.21. The summed E-state index contributed by atoms with van der Waals surface area (Å²) in [6.07, 6.45) is -0.0485. The van der Waals surface area contributed by atoms with Crippen molar-refractivity contribution in [2.24, 2.45) is 10.8 Å². The van der Waals surface area contributed by atoms with Gasteiger partial charge in [-0.3, -0.25) is 0 Å². The first-order chi connectivity index (χ1) is 10.9. The average molecular weight is 334 g/mol. The molecule has 2 aliphatic heterocycles. The van der Waals surface area contributed by atoms with Gasteiger partial charge in [-0.25, -0.2) is 19.6 Å². The van der Waals surface area contributed by atoms with Crippen molar-refractivity contribution in [2.45, 2.75) is 78.8 Å². The van der Waals surface area contributed by atoms with Gasteiger partial charge in [0.05, 0.1) is 0 Å². The van der Waals surface area contributed by atoms with Crippen LogP contribution in [0.15, 0.2) is 24.3 Å². The molecule has 0 N–H and O–H groups in total. The van der Waals surface area contributed by atoms with Crippen LogP contribution in [0.25, 0.3) is 0 Å². The third-order valence-electron chi connectivity index (χ3n) is 5.21. The van der Waals surface area contributed by atoms with Crippen LogP contribution in [0.1, 0.15) is 66.5 Å². The summed E-state index contributed by atoms with van der Waals surface area (Å²) in [6.45, 7) is 17.2. The quantitative estimate of drug-likeness (QED) is 0.723. The molecule has 1 aromatic rings. The summed E-state index contributed by atoms with van der Waals surface area (Å²) < 4.78 is 0. The van der Waals surface area contributed by atoms with Gasteiger partial charge in [0.15, 0.2) is 11.2 Å². The summed E-state index contributed by atoms with van der Waals surface area (Å²) in [5.41, 5.74) is 1.16. The van der Waals surface area contributed by atoms with Gasteiger partial charge in [-0.1, -0.05) is 65.8 Å². The van der Waals surface area contributed by atoms with E-state index in [0.29, 0.717) is 0 Å². The van der Waals surface area contributed by atoms with Crippen LogP contribution in [0.5, 0.6) is 0 Å². The van der Waals surface area contributed by atoms with Crippen LogP contribution >= 0.6 is 0 Å². The van der Waals surface area contributed by atoms with Crippen molar-refractivity contribution in [1.29, 1.82) is 0 Å². The van der Waals surface area contributed by atoms with Crippen molar-refractivity contribution < 1.29 is 19.6 Å². The van der Waals surface area contributed by atoms with Gasteiger partial charge in [0.25, 0.3) is 0 Å². The first kappa shape index (κ1) is 17.9. The maximum Gasteiger partial charge on any atom is 0.156 e. The van der Waals surface area contributed by atoms with Crippen molar-refractivity contribution in [3.63, 3.8) is 0 Å². The summed E-state index contributed by atoms with van der Waals surface area (Å²) in [4.78, 5) is 22.4. The van der Waals surface area contributed by atoms with Gasteiger partial charge in [-0.05, 0) is 35.8 Å². The van der Waals surface area contributed by atoms with E-state index < -0.39 is 11.2 Å². The molecule has 0 amide bonds. The highest BCUT2D eigenvalue weighted by Gasteiger charge is 2.60. The monoisotopic (exact) mass is 334 g/mol. The largest absolute Gasteiger partial charge is 0.228 e. The molecule has 0 bridgehead atoms. The van der Waals surface area contributed by atoms with E-state index in [9.17, 15) is 0 Å². The smallest absolute Gasteiger partial charge is 0.156 e. The van der Waals surface area contributed by atoms with Gasteiger partial charge >= 0.3 is 0 Å². The second kappa shape index (κ2) is 5.28. The minimum atomic E-state index is -0.501. The Kier molecular flexibility index (Phi) is 3.93. The topological polar surface area (TPSA) is 36.9 Å². The second-order valence-corrected chi connectivity index (χ2v) is 9.61. The molecule has 3 rings (SSSR count). The molecule has 4 unspecified atom stereocenters. The van der Waals surface area contributed by atoms with Gasteiger partial charge in [0, 0.05) is 0 Å². The van der Waals surface area contributed by atoms with Crippen LogP contribution in [0.4, 0.5) is 0 Å². The Bertz CT molecular complexity index is 572. The first-order valence-corrected chi connectivity index (χ1v) is 8.70. The minimum Gasteiger partial charge on any atom is -0.228 e. The van der Waals surface area contributed by atoms with Gasteiger partial charge in [-0.2, -0.15) is 0 Å². The summed E-state index contributed by atoms with van der Waals surface area (Å²) in [6, 6.07) is 8.31. The van der Waals surface area contributed by atoms with Gasteiger partial charge in [0.1, 0.15) is 12.2 Å². The van der Waals surface area contributed by atoms with E-state index in [4.69, 9.17) is 19.6 Å². The Morgan fingerprint density at radius 1 is 0.708 bits per heavy atom. The van der Waals surface area contributed by atoms with Gasteiger partial charge in [-0.15, -0.1) is 0 Å². The predicted octanol–water partition coefficient (Wildman–Crippen LogP) is 4.87. The molecule has 0 aliphatic carbocycles. The van der Waals surface area contributed by atoms with E-state index in [1.165, 1.54) is 0 Å². The van der Waals surface area contributed by atoms with E-state index in [1.54, 1.807) is 0 Å². The lowest BCUT2D eigenvalue weighted by Crippen LogP contribution is -2.61. The minimum absolute atomic E-state index is 0.0242. The molecule has 0 aromatic heterocycles. The molecule has 4 atom stereocenters. The number of benzene rings is 1. The third kappa shape index (κ3) is 2.51. The van der Waals surface area contributed by atoms with Crippen molar-refractivity contribution in [3.05, 3.63) is 35.4 Å². The molecule has 2 saturated heterocycles. The number of hydrogen-bond acceptors (Lipinski definition) is 4. The second-order valence-electron chi connectivity index (χ2n) is 9.61. The van der Waals surface area contributed by atoms with E-state index in [0.717, 1.165) is 11.1 Å². The van der Waals surface area contributed by atoms with Crippen LogP contribution < -0.4 is 0 Å². The Hall–Kier alpha value is -0.940. The number of hydrogen-bond donors (Lipinski definition) is 0. The van der Waals surface area contributed by atoms with Crippen LogP contribution in [-0.2, 0) is 30.8 Å². The predicted molar refractivity (Wildman–Crippen MR) is 92.0 cm³/mol. The first-order valence-electron chi connectivity index (χ1n) is 8.70. The van der Waals surface area contributed by atoms with E-state index in [1.807, 2.05) is 12.1 Å². The summed E-state index contributed by atoms with van der Waals surface area (Å²) in [5, 5.41) is 0. The van der Waals surface area contributed by atoms with E-state index >= 15 is 0 Å². The highest BCUT2D eigenvalue weighted by atomic mass is 17.3. The van der Waals surface area contributed by atoms with Crippen molar-refractivity contribution in [2.75, 3.05) is 0 Å². The molecule has 2 aliphatic rings. The van der Waals surface area contributed by atoms with Crippen molar-refractivity contribution >= 4 is 0 Å². The van der Waals surface area contributed by atoms with Gasteiger partial charge < -0.3 is 0 Å². The molecule has 2 fully saturated rings. The highest BCUT2D eigenvalue weighted by Crippen LogP contribution is 2.54. The molecule has 1 aromatic carbocycles. The zero-order valence-electron chi connectivity index (χ0n) is 16.1. The molecular formula is C20H30O4. The normalized spacial score (nSPS) is 36.8. The van der Waals surface area contributed by atoms with Gasteiger partial charge in [0.2, 0.25) is 0 Å². The van der Waals surface area contributed by atoms with Crippen LogP contribution in [0.3, 0.4) is 0 Å². The number of rotatable bonds is 2. The zero-order chi connectivity index (χ0) is 18.0. The Balaban J connectivity index is 2.04. The maximum absolute atomic E-state index is 5.67. The van der Waals surface area contributed by atoms with E-state index in [2.05, 4.69) is 67.5 Å². The molecule has 4 heteroatoms. The fraction of sp³-hybridized carbons (Fsp3) is 0.700. The fourth-order valence-corrected chi connectivity index (χ4v) is 4.14. The molecule has 24 heavy (non-hydrogen) atoms. The SMILES string of the molecule is CC(C)(C)C1OOC1(C)c1ccccc1C1(C)OOC1C(C)(C)C. The van der Waals surface area contributed by atoms with Crippen molar-refractivity contribution in [1.82, 2.24) is 0 Å². The van der Waals surface area contributed by atoms with E-state index in [-0.39, 0.29) is 23.0 Å². The lowest BCUT2D eigenvalue weighted by atomic mass is 9.68. The standard InChI is InChI=1S/C20H30O4/c1-17(2,3)15-19(7,23-21-15)13-11-9-10-12-14(13)20(8)16(22-24-20)18(4,5)6/h9-12,15-16H,1-8H3. The van der Waals surface area contributed by atoms with Crippen LogP contribution in [0, 0.1) is 10.8 Å². The van der Waals surface area contributed by atoms with Crippen molar-refractivity contribution in [3.8, 4) is 0 Å². The molecular weight excluding hydrogens is 304 g/mol. The fourth-order valence-electron chi connectivity index (χ4n) is 4.14. The Morgan fingerprint density at radius 3 is 1.25 bits per heavy atom. The molecule has 134 valence electrons. The highest BCUT2D eigenvalue weighted by molar-refractivity contribution is 5.40. The Labute approximate surface area is 145 Å². The molecule has 0 saturated carbocycles. The van der Waals surface area contributed by atoms with Crippen LogP contribution in [0.2, 0.25) is 0 Å². The maximum atomic E-state index is 5.67. The lowest BCUT2D eigenvalue weighted by Gasteiger charge is -2.55. The molecule has 2 heterocycles. The summed E-state index contributed by atoms with van der Waals surface area (Å²) in [7, 11) is 0. The summed E-state index contributed by atoms with van der Waals surface area (Å²) >= 11 is 0. The zero-order valence-corrected chi connectivity index (χ0v) is 16.1. The lowest BCUT2D eigenvalue weighted by molar-refractivity contribution is -0.537. The van der Waals surface area contributed by atoms with Crippen LogP contribution in [-0.4, -0.2) is 12.2 Å². The Morgan fingerprint density at radius 2 is 1.04 bits per heavy atom.